The van der Waals surface area contributed by atoms with Crippen molar-refractivity contribution in [3.05, 3.63) is 59.7 Å². The van der Waals surface area contributed by atoms with Crippen LogP contribution < -0.4 is 0 Å². The topological polar surface area (TPSA) is 82.4 Å². The lowest BCUT2D eigenvalue weighted by Gasteiger charge is -2.15. The van der Waals surface area contributed by atoms with E-state index in [1.54, 1.807) is 24.3 Å². The van der Waals surface area contributed by atoms with Crippen LogP contribution in [0, 0.1) is 5.82 Å². The quantitative estimate of drug-likeness (QED) is 0.542. The van der Waals surface area contributed by atoms with Gasteiger partial charge in [0.15, 0.2) is 0 Å². The van der Waals surface area contributed by atoms with Crippen molar-refractivity contribution in [2.75, 3.05) is 26.7 Å². The van der Waals surface area contributed by atoms with Crippen molar-refractivity contribution in [2.24, 2.45) is 0 Å². The van der Waals surface area contributed by atoms with E-state index in [0.717, 1.165) is 49.2 Å². The molecule has 0 saturated carbocycles. The average molecular weight is 447 g/mol. The summed E-state index contributed by atoms with van der Waals surface area (Å²) in [5.41, 5.74) is 2.69. The number of aromatic nitrogens is 2. The van der Waals surface area contributed by atoms with Crippen LogP contribution in [0.2, 0.25) is 0 Å². The Hall–Kier alpha value is -2.49. The zero-order chi connectivity index (χ0) is 21.8. The number of halogens is 1. The second kappa shape index (κ2) is 9.33. The third kappa shape index (κ3) is 5.23. The molecule has 2 aromatic heterocycles. The number of H-pyrrole nitrogens is 1. The largest absolute Gasteiger partial charge is 0.447 e. The third-order valence-corrected chi connectivity index (χ3v) is 7.25. The molecule has 1 N–H and O–H groups in total. The Morgan fingerprint density at radius 1 is 1.16 bits per heavy atom. The Kier molecular flexibility index (Phi) is 6.54. The van der Waals surface area contributed by atoms with E-state index in [9.17, 15) is 12.8 Å². The van der Waals surface area contributed by atoms with Gasteiger partial charge in [-0.05, 0) is 81.7 Å². The number of nitrogens with one attached hydrogen (secondary N) is 1. The smallest absolute Gasteiger partial charge is 0.276 e. The molecule has 166 valence electrons. The molecule has 0 unspecified atom stereocenters. The van der Waals surface area contributed by atoms with Gasteiger partial charge in [-0.25, -0.2) is 12.8 Å². The number of sulfonamides is 1. The number of benzene rings is 1. The Bertz CT molecular complexity index is 1100. The van der Waals surface area contributed by atoms with E-state index in [1.807, 2.05) is 13.1 Å². The van der Waals surface area contributed by atoms with E-state index in [1.165, 1.54) is 16.4 Å². The van der Waals surface area contributed by atoms with Crippen LogP contribution in [0.1, 0.15) is 30.7 Å². The summed E-state index contributed by atoms with van der Waals surface area (Å²) in [6, 6.07) is 11.6. The Morgan fingerprint density at radius 2 is 1.90 bits per heavy atom. The molecule has 0 bridgehead atoms. The summed E-state index contributed by atoms with van der Waals surface area (Å²) in [6.45, 7) is 2.49. The van der Waals surface area contributed by atoms with Crippen LogP contribution in [-0.4, -0.2) is 54.5 Å². The van der Waals surface area contributed by atoms with Gasteiger partial charge >= 0.3 is 0 Å². The highest BCUT2D eigenvalue weighted by Gasteiger charge is 2.30. The molecule has 1 aliphatic heterocycles. The summed E-state index contributed by atoms with van der Waals surface area (Å²) in [7, 11) is -1.53. The lowest BCUT2D eigenvalue weighted by Crippen LogP contribution is -2.27. The molecule has 0 amide bonds. The molecule has 1 aromatic carbocycles. The first kappa shape index (κ1) is 21.7. The zero-order valence-corrected chi connectivity index (χ0v) is 18.4. The van der Waals surface area contributed by atoms with Crippen LogP contribution in [0.3, 0.4) is 0 Å². The van der Waals surface area contributed by atoms with Crippen LogP contribution in [0.5, 0.6) is 0 Å². The summed E-state index contributed by atoms with van der Waals surface area (Å²) in [5.74, 6) is 0.375. The summed E-state index contributed by atoms with van der Waals surface area (Å²) in [6.07, 6.45) is 3.53. The Balaban J connectivity index is 1.26. The molecule has 4 rings (SSSR count). The molecule has 1 aliphatic rings. The number of aromatic amines is 1. The standard InChI is InChI=1S/C22H27FN4O3S/c1-26(16-20-10-11-22(30-20)31(28,29)27-13-2-3-14-27)12-4-5-19-15-21(25-24-19)17-6-8-18(23)9-7-17/h6-11,15H,2-5,12-14,16H2,1H3,(H,24,25). The average Bonchev–Trinajstić information content (AvgIpc) is 3.51. The van der Waals surface area contributed by atoms with E-state index in [2.05, 4.69) is 15.1 Å². The van der Waals surface area contributed by atoms with Crippen LogP contribution >= 0.6 is 0 Å². The highest BCUT2D eigenvalue weighted by atomic mass is 32.2. The van der Waals surface area contributed by atoms with Gasteiger partial charge in [-0.15, -0.1) is 0 Å². The Labute approximate surface area is 181 Å². The van der Waals surface area contributed by atoms with Crippen molar-refractivity contribution in [1.82, 2.24) is 19.4 Å². The van der Waals surface area contributed by atoms with Gasteiger partial charge in [0, 0.05) is 24.3 Å². The van der Waals surface area contributed by atoms with E-state index in [-0.39, 0.29) is 10.9 Å². The monoisotopic (exact) mass is 446 g/mol. The molecule has 31 heavy (non-hydrogen) atoms. The fraction of sp³-hybridized carbons (Fsp3) is 0.409. The SMILES string of the molecule is CN(CCCc1cc(-c2ccc(F)cc2)n[nH]1)Cc1ccc(S(=O)(=O)N2CCCC2)o1. The third-order valence-electron chi connectivity index (χ3n) is 5.48. The normalized spacial score (nSPS) is 15.2. The minimum Gasteiger partial charge on any atom is -0.447 e. The maximum absolute atomic E-state index is 13.1. The van der Waals surface area contributed by atoms with Gasteiger partial charge in [-0.1, -0.05) is 0 Å². The van der Waals surface area contributed by atoms with Crippen molar-refractivity contribution in [3.8, 4) is 11.3 Å². The fourth-order valence-electron chi connectivity index (χ4n) is 3.78. The van der Waals surface area contributed by atoms with Gasteiger partial charge in [-0.2, -0.15) is 9.40 Å². The molecular weight excluding hydrogens is 419 g/mol. The lowest BCUT2D eigenvalue weighted by atomic mass is 10.1. The minimum atomic E-state index is -3.51. The fourth-order valence-corrected chi connectivity index (χ4v) is 5.23. The number of hydrogen-bond acceptors (Lipinski definition) is 5. The van der Waals surface area contributed by atoms with Crippen LogP contribution in [0.25, 0.3) is 11.3 Å². The first-order chi connectivity index (χ1) is 14.9. The minimum absolute atomic E-state index is 0.0311. The number of hydrogen-bond donors (Lipinski definition) is 1. The molecule has 0 radical (unpaired) electrons. The van der Waals surface area contributed by atoms with Gasteiger partial charge in [0.05, 0.1) is 12.2 Å². The highest BCUT2D eigenvalue weighted by molar-refractivity contribution is 7.89. The van der Waals surface area contributed by atoms with E-state index < -0.39 is 10.0 Å². The number of nitrogens with zero attached hydrogens (tertiary/aromatic N) is 3. The number of aryl methyl sites for hydroxylation is 1. The first-order valence-electron chi connectivity index (χ1n) is 10.5. The summed E-state index contributed by atoms with van der Waals surface area (Å²) in [4.78, 5) is 2.10. The van der Waals surface area contributed by atoms with Crippen LogP contribution in [-0.2, 0) is 23.0 Å². The molecule has 0 spiro atoms. The van der Waals surface area contributed by atoms with Crippen LogP contribution in [0.15, 0.2) is 52.0 Å². The molecule has 1 saturated heterocycles. The molecule has 9 heteroatoms. The van der Waals surface area contributed by atoms with E-state index in [0.29, 0.717) is 25.4 Å². The zero-order valence-electron chi connectivity index (χ0n) is 17.6. The van der Waals surface area contributed by atoms with Gasteiger partial charge in [0.2, 0.25) is 5.09 Å². The second-order valence-corrected chi connectivity index (χ2v) is 9.83. The van der Waals surface area contributed by atoms with Gasteiger partial charge in [-0.3, -0.25) is 10.00 Å². The van der Waals surface area contributed by atoms with Gasteiger partial charge in [0.25, 0.3) is 10.0 Å². The summed E-state index contributed by atoms with van der Waals surface area (Å²) >= 11 is 0. The molecule has 0 aliphatic carbocycles. The molecule has 7 nitrogen and oxygen atoms in total. The molecule has 0 atom stereocenters. The maximum atomic E-state index is 13.1. The number of rotatable bonds is 9. The van der Waals surface area contributed by atoms with Gasteiger partial charge in [0.1, 0.15) is 11.6 Å². The predicted molar refractivity (Wildman–Crippen MR) is 115 cm³/mol. The van der Waals surface area contributed by atoms with Crippen molar-refractivity contribution in [1.29, 1.82) is 0 Å². The lowest BCUT2D eigenvalue weighted by molar-refractivity contribution is 0.277. The van der Waals surface area contributed by atoms with Crippen molar-refractivity contribution in [2.45, 2.75) is 37.3 Å². The second-order valence-electron chi connectivity index (χ2n) is 7.96. The molecular formula is C22H27FN4O3S. The summed E-state index contributed by atoms with van der Waals surface area (Å²) < 4.78 is 45.3. The number of furan rings is 1. The Morgan fingerprint density at radius 3 is 2.65 bits per heavy atom. The first-order valence-corrected chi connectivity index (χ1v) is 11.9. The predicted octanol–water partition coefficient (Wildman–Crippen LogP) is 3.66. The molecule has 1 fully saturated rings. The summed E-state index contributed by atoms with van der Waals surface area (Å²) in [5, 5.41) is 7.37. The molecule has 3 aromatic rings. The maximum Gasteiger partial charge on any atom is 0.276 e. The van der Waals surface area contributed by atoms with E-state index >= 15 is 0 Å². The van der Waals surface area contributed by atoms with Gasteiger partial charge < -0.3 is 4.42 Å². The van der Waals surface area contributed by atoms with Crippen molar-refractivity contribution < 1.29 is 17.2 Å². The van der Waals surface area contributed by atoms with Crippen molar-refractivity contribution in [3.63, 3.8) is 0 Å². The van der Waals surface area contributed by atoms with Crippen molar-refractivity contribution >= 4 is 10.0 Å². The molecule has 3 heterocycles. The van der Waals surface area contributed by atoms with E-state index in [4.69, 9.17) is 4.42 Å². The van der Waals surface area contributed by atoms with Crippen LogP contribution in [0.4, 0.5) is 4.39 Å². The highest BCUT2D eigenvalue weighted by Crippen LogP contribution is 2.23.